The second kappa shape index (κ2) is 3.70. The molecule has 0 aliphatic heterocycles. The predicted molar refractivity (Wildman–Crippen MR) is 53.3 cm³/mol. The lowest BCUT2D eigenvalue weighted by molar-refractivity contribution is 0.915. The number of nitrogens with one attached hydrogen (secondary N) is 1. The van der Waals surface area contributed by atoms with Gasteiger partial charge in [0.15, 0.2) is 0 Å². The van der Waals surface area contributed by atoms with E-state index in [1.807, 2.05) is 12.1 Å². The first-order chi connectivity index (χ1) is 6.34. The summed E-state index contributed by atoms with van der Waals surface area (Å²) in [6.45, 7) is 0. The number of rotatable bonds is 2. The molecule has 0 radical (unpaired) electrons. The summed E-state index contributed by atoms with van der Waals surface area (Å²) >= 11 is 3.42. The third-order valence-electron chi connectivity index (χ3n) is 1.74. The van der Waals surface area contributed by atoms with Gasteiger partial charge in [0.1, 0.15) is 0 Å². The minimum absolute atomic E-state index is 0.815. The predicted octanol–water partition coefficient (Wildman–Crippen LogP) is 2.16. The molecule has 1 heterocycles. The molecule has 0 saturated heterocycles. The molecule has 4 heteroatoms. The number of aromatic amines is 1. The monoisotopic (exact) mass is 237 g/mol. The fourth-order valence-electron chi connectivity index (χ4n) is 1.17. The zero-order valence-corrected chi connectivity index (χ0v) is 8.45. The number of hydrogen-bond acceptors (Lipinski definition) is 2. The van der Waals surface area contributed by atoms with E-state index in [-0.39, 0.29) is 0 Å². The summed E-state index contributed by atoms with van der Waals surface area (Å²) in [5, 5.41) is 10.3. The molecule has 2 aromatic rings. The molecule has 0 aliphatic carbocycles. The van der Waals surface area contributed by atoms with E-state index in [2.05, 4.69) is 43.5 Å². The maximum atomic E-state index is 3.92. The summed E-state index contributed by atoms with van der Waals surface area (Å²) in [5.41, 5.74) is 2.18. The van der Waals surface area contributed by atoms with Crippen molar-refractivity contribution in [3.63, 3.8) is 0 Å². The molecule has 0 saturated carbocycles. The van der Waals surface area contributed by atoms with Crippen molar-refractivity contribution >= 4 is 15.9 Å². The topological polar surface area (TPSA) is 41.6 Å². The van der Waals surface area contributed by atoms with Gasteiger partial charge in [-0.1, -0.05) is 33.3 Å². The van der Waals surface area contributed by atoms with Crippen LogP contribution in [0.15, 0.2) is 34.9 Å². The highest BCUT2D eigenvalue weighted by molar-refractivity contribution is 9.10. The Kier molecular flexibility index (Phi) is 2.40. The van der Waals surface area contributed by atoms with Gasteiger partial charge in [0.05, 0.1) is 5.69 Å². The Hall–Kier alpha value is -1.16. The third kappa shape index (κ3) is 2.15. The van der Waals surface area contributed by atoms with Crippen molar-refractivity contribution in [2.24, 2.45) is 0 Å². The summed E-state index contributed by atoms with van der Waals surface area (Å²) in [5.74, 6) is 0. The Morgan fingerprint density at radius 3 is 3.00 bits per heavy atom. The van der Waals surface area contributed by atoms with Crippen molar-refractivity contribution in [2.45, 2.75) is 6.42 Å². The molecular formula is C9H8BrN3. The van der Waals surface area contributed by atoms with Gasteiger partial charge < -0.3 is 0 Å². The van der Waals surface area contributed by atoms with Crippen molar-refractivity contribution in [1.29, 1.82) is 0 Å². The highest BCUT2D eigenvalue weighted by atomic mass is 79.9. The number of aromatic nitrogens is 3. The van der Waals surface area contributed by atoms with Gasteiger partial charge in [0.2, 0.25) is 0 Å². The van der Waals surface area contributed by atoms with Gasteiger partial charge in [0, 0.05) is 17.1 Å². The normalized spacial score (nSPS) is 10.2. The van der Waals surface area contributed by atoms with Crippen molar-refractivity contribution in [1.82, 2.24) is 15.4 Å². The van der Waals surface area contributed by atoms with Crippen LogP contribution in [0.4, 0.5) is 0 Å². The van der Waals surface area contributed by atoms with Crippen molar-refractivity contribution < 1.29 is 0 Å². The summed E-state index contributed by atoms with van der Waals surface area (Å²) < 4.78 is 1.09. The van der Waals surface area contributed by atoms with Gasteiger partial charge in [-0.15, -0.1) is 5.10 Å². The van der Waals surface area contributed by atoms with Crippen molar-refractivity contribution in [2.75, 3.05) is 0 Å². The lowest BCUT2D eigenvalue weighted by Gasteiger charge is -1.97. The molecule has 0 bridgehead atoms. The average molecular weight is 238 g/mol. The van der Waals surface area contributed by atoms with E-state index in [4.69, 9.17) is 0 Å². The van der Waals surface area contributed by atoms with E-state index in [1.54, 1.807) is 6.20 Å². The maximum absolute atomic E-state index is 3.92. The molecule has 1 aromatic carbocycles. The third-order valence-corrected chi connectivity index (χ3v) is 2.23. The first-order valence-electron chi connectivity index (χ1n) is 3.94. The lowest BCUT2D eigenvalue weighted by atomic mass is 10.1. The van der Waals surface area contributed by atoms with Crippen LogP contribution in [-0.4, -0.2) is 15.4 Å². The van der Waals surface area contributed by atoms with E-state index in [0.29, 0.717) is 0 Å². The van der Waals surface area contributed by atoms with Gasteiger partial charge in [-0.05, 0) is 17.7 Å². The second-order valence-electron chi connectivity index (χ2n) is 2.77. The standard InChI is InChI=1S/C9H8BrN3/c10-8-3-1-2-7(4-8)5-9-6-11-13-12-9/h1-4,6H,5H2,(H,11,12,13). The molecule has 0 aliphatic rings. The molecule has 0 spiro atoms. The van der Waals surface area contributed by atoms with Crippen LogP contribution in [0.2, 0.25) is 0 Å². The highest BCUT2D eigenvalue weighted by Crippen LogP contribution is 2.13. The van der Waals surface area contributed by atoms with Gasteiger partial charge in [0.25, 0.3) is 0 Å². The summed E-state index contributed by atoms with van der Waals surface area (Å²) in [6.07, 6.45) is 2.62. The minimum atomic E-state index is 0.815. The Morgan fingerprint density at radius 2 is 2.31 bits per heavy atom. The molecule has 13 heavy (non-hydrogen) atoms. The highest BCUT2D eigenvalue weighted by Gasteiger charge is 1.98. The van der Waals surface area contributed by atoms with Crippen LogP contribution in [-0.2, 0) is 6.42 Å². The first kappa shape index (κ1) is 8.44. The molecular weight excluding hydrogens is 230 g/mol. The van der Waals surface area contributed by atoms with Crippen molar-refractivity contribution in [3.8, 4) is 0 Å². The second-order valence-corrected chi connectivity index (χ2v) is 3.69. The van der Waals surface area contributed by atoms with E-state index in [9.17, 15) is 0 Å². The van der Waals surface area contributed by atoms with E-state index < -0.39 is 0 Å². The zero-order valence-electron chi connectivity index (χ0n) is 6.87. The van der Waals surface area contributed by atoms with Crippen LogP contribution in [0.3, 0.4) is 0 Å². The fourth-order valence-corrected chi connectivity index (χ4v) is 1.61. The molecule has 0 atom stereocenters. The number of hydrogen-bond donors (Lipinski definition) is 1. The summed E-state index contributed by atoms with van der Waals surface area (Å²) in [4.78, 5) is 0. The largest absolute Gasteiger partial charge is 0.265 e. The lowest BCUT2D eigenvalue weighted by Crippen LogP contribution is -1.87. The molecule has 0 fully saturated rings. The van der Waals surface area contributed by atoms with E-state index in [1.165, 1.54) is 5.56 Å². The molecule has 1 N–H and O–H groups in total. The van der Waals surface area contributed by atoms with Crippen LogP contribution in [0.25, 0.3) is 0 Å². The Balaban J connectivity index is 2.19. The Labute approximate surface area is 84.3 Å². The molecule has 0 unspecified atom stereocenters. The van der Waals surface area contributed by atoms with Gasteiger partial charge in [-0.25, -0.2) is 0 Å². The molecule has 0 amide bonds. The zero-order chi connectivity index (χ0) is 9.10. The van der Waals surface area contributed by atoms with Gasteiger partial charge in [-0.3, -0.25) is 5.10 Å². The number of halogens is 1. The SMILES string of the molecule is Brc1cccc(Cc2c[nH]nn2)c1. The van der Waals surface area contributed by atoms with Gasteiger partial charge >= 0.3 is 0 Å². The van der Waals surface area contributed by atoms with Crippen LogP contribution in [0, 0.1) is 0 Å². The van der Waals surface area contributed by atoms with Crippen LogP contribution in [0.1, 0.15) is 11.3 Å². The number of H-pyrrole nitrogens is 1. The Bertz CT molecular complexity index is 384. The first-order valence-corrected chi connectivity index (χ1v) is 4.74. The molecule has 1 aromatic heterocycles. The van der Waals surface area contributed by atoms with Gasteiger partial charge in [-0.2, -0.15) is 0 Å². The average Bonchev–Trinajstić information content (AvgIpc) is 2.57. The minimum Gasteiger partial charge on any atom is -0.265 e. The van der Waals surface area contributed by atoms with Crippen LogP contribution < -0.4 is 0 Å². The van der Waals surface area contributed by atoms with E-state index >= 15 is 0 Å². The smallest absolute Gasteiger partial charge is 0.0868 e. The van der Waals surface area contributed by atoms with Crippen LogP contribution >= 0.6 is 15.9 Å². The quantitative estimate of drug-likeness (QED) is 0.870. The molecule has 2 rings (SSSR count). The Morgan fingerprint density at radius 1 is 1.38 bits per heavy atom. The van der Waals surface area contributed by atoms with Crippen LogP contribution in [0.5, 0.6) is 0 Å². The number of benzene rings is 1. The summed E-state index contributed by atoms with van der Waals surface area (Å²) in [7, 11) is 0. The van der Waals surface area contributed by atoms with E-state index in [0.717, 1.165) is 16.6 Å². The number of nitrogens with zero attached hydrogens (tertiary/aromatic N) is 2. The fraction of sp³-hybridized carbons (Fsp3) is 0.111. The maximum Gasteiger partial charge on any atom is 0.0868 e. The van der Waals surface area contributed by atoms with Crippen molar-refractivity contribution in [3.05, 3.63) is 46.2 Å². The molecule has 3 nitrogen and oxygen atoms in total. The summed E-state index contributed by atoms with van der Waals surface area (Å²) in [6, 6.07) is 8.17. The molecule has 66 valence electrons.